The molecule has 0 heterocycles. The zero-order chi connectivity index (χ0) is 21.3. The first-order chi connectivity index (χ1) is 15.0. The van der Waals surface area contributed by atoms with Gasteiger partial charge in [0.15, 0.2) is 0 Å². The van der Waals surface area contributed by atoms with Crippen molar-refractivity contribution < 1.29 is 0 Å². The molecule has 4 aromatic carbocycles. The highest BCUT2D eigenvalue weighted by Gasteiger charge is 2.52. The Morgan fingerprint density at radius 3 is 1.74 bits per heavy atom. The highest BCUT2D eigenvalue weighted by Crippen LogP contribution is 2.64. The summed E-state index contributed by atoms with van der Waals surface area (Å²) < 4.78 is 0. The molecule has 1 atom stereocenters. The van der Waals surface area contributed by atoms with E-state index in [2.05, 4.69) is 113 Å². The molecule has 1 spiro atoms. The predicted molar refractivity (Wildman–Crippen MR) is 131 cm³/mol. The second-order valence-corrected chi connectivity index (χ2v) is 9.73. The molecule has 1 unspecified atom stereocenters. The molecule has 31 heavy (non-hydrogen) atoms. The molecule has 0 aromatic heterocycles. The molecule has 152 valence electrons. The van der Waals surface area contributed by atoms with Gasteiger partial charge in [-0.15, -0.1) is 0 Å². The van der Waals surface area contributed by atoms with E-state index in [1.165, 1.54) is 55.6 Å². The molecule has 0 radical (unpaired) electrons. The van der Waals surface area contributed by atoms with Crippen molar-refractivity contribution in [1.29, 1.82) is 0 Å². The van der Waals surface area contributed by atoms with Gasteiger partial charge in [0.1, 0.15) is 0 Å². The Hall–Kier alpha value is -3.12. The maximum Gasteiger partial charge on any atom is 0.0728 e. The van der Waals surface area contributed by atoms with E-state index >= 15 is 0 Å². The van der Waals surface area contributed by atoms with Crippen molar-refractivity contribution in [2.45, 2.75) is 44.9 Å². The fourth-order valence-corrected chi connectivity index (χ4v) is 6.09. The van der Waals surface area contributed by atoms with E-state index in [-0.39, 0.29) is 5.41 Å². The van der Waals surface area contributed by atoms with Crippen LogP contribution in [0.1, 0.15) is 72.9 Å². The lowest BCUT2D eigenvalue weighted by Gasteiger charge is -2.33. The smallest absolute Gasteiger partial charge is 0.0619 e. The topological polar surface area (TPSA) is 0 Å². The van der Waals surface area contributed by atoms with Crippen LogP contribution in [0.2, 0.25) is 0 Å². The summed E-state index contributed by atoms with van der Waals surface area (Å²) in [5.74, 6) is 0.966. The molecular weight excluding hydrogens is 372 g/mol. The fourth-order valence-electron chi connectivity index (χ4n) is 6.09. The van der Waals surface area contributed by atoms with Crippen LogP contribution in [0.5, 0.6) is 0 Å². The summed E-state index contributed by atoms with van der Waals surface area (Å²) in [5, 5.41) is 0. The van der Waals surface area contributed by atoms with Crippen LogP contribution in [0.3, 0.4) is 0 Å². The summed E-state index contributed by atoms with van der Waals surface area (Å²) >= 11 is 0. The van der Waals surface area contributed by atoms with E-state index in [0.29, 0.717) is 11.8 Å². The van der Waals surface area contributed by atoms with Crippen molar-refractivity contribution in [3.05, 3.63) is 118 Å². The standard InChI is InChI=1S/C31H28/c1-19(2)21-16-17-25-23-10-5-7-14-27(23)31(29(25)18-21)28-15-8-6-11-24(28)26-13-9-12-22(20(3)4)30(26)31/h5-20H,1-4H3. The first-order valence-electron chi connectivity index (χ1n) is 11.5. The van der Waals surface area contributed by atoms with Crippen LogP contribution in [0, 0.1) is 0 Å². The number of fused-ring (bicyclic) bond motifs is 10. The molecular formula is C31H28. The third kappa shape index (κ3) is 2.26. The minimum atomic E-state index is -0.233. The van der Waals surface area contributed by atoms with E-state index < -0.39 is 0 Å². The molecule has 4 aromatic rings. The van der Waals surface area contributed by atoms with E-state index in [1.807, 2.05) is 0 Å². The molecule has 0 saturated heterocycles. The fraction of sp³-hybridized carbons (Fsp3) is 0.226. The summed E-state index contributed by atoms with van der Waals surface area (Å²) in [7, 11) is 0. The summed E-state index contributed by atoms with van der Waals surface area (Å²) in [5.41, 5.74) is 14.0. The zero-order valence-corrected chi connectivity index (χ0v) is 18.7. The van der Waals surface area contributed by atoms with Gasteiger partial charge >= 0.3 is 0 Å². The SMILES string of the molecule is CC(C)c1ccc2c(c1)C1(c3ccccc3-2)c2ccccc2-c2cccc(C(C)C)c21. The van der Waals surface area contributed by atoms with Gasteiger partial charge in [-0.25, -0.2) is 0 Å². The van der Waals surface area contributed by atoms with Crippen LogP contribution < -0.4 is 0 Å². The first-order valence-corrected chi connectivity index (χ1v) is 11.5. The Morgan fingerprint density at radius 2 is 1.10 bits per heavy atom. The van der Waals surface area contributed by atoms with Crippen molar-refractivity contribution in [3.8, 4) is 22.3 Å². The van der Waals surface area contributed by atoms with Crippen molar-refractivity contribution in [3.63, 3.8) is 0 Å². The van der Waals surface area contributed by atoms with Crippen molar-refractivity contribution in [1.82, 2.24) is 0 Å². The quantitative estimate of drug-likeness (QED) is 0.274. The maximum atomic E-state index is 2.50. The monoisotopic (exact) mass is 400 g/mol. The van der Waals surface area contributed by atoms with Gasteiger partial charge in [0.25, 0.3) is 0 Å². The Kier molecular flexibility index (Phi) is 3.87. The molecule has 6 rings (SSSR count). The van der Waals surface area contributed by atoms with Gasteiger partial charge in [-0.2, -0.15) is 0 Å². The van der Waals surface area contributed by atoms with Gasteiger partial charge in [-0.05, 0) is 67.5 Å². The summed E-state index contributed by atoms with van der Waals surface area (Å²) in [6, 6.07) is 32.3. The second-order valence-electron chi connectivity index (χ2n) is 9.73. The third-order valence-electron chi connectivity index (χ3n) is 7.45. The molecule has 2 aliphatic carbocycles. The van der Waals surface area contributed by atoms with Crippen LogP contribution in [0.4, 0.5) is 0 Å². The average Bonchev–Trinajstić information content (AvgIpc) is 3.26. The van der Waals surface area contributed by atoms with Gasteiger partial charge < -0.3 is 0 Å². The molecule has 2 aliphatic rings. The Labute approximate surface area is 185 Å². The van der Waals surface area contributed by atoms with Crippen molar-refractivity contribution >= 4 is 0 Å². The van der Waals surface area contributed by atoms with Crippen LogP contribution >= 0.6 is 0 Å². The average molecular weight is 401 g/mol. The van der Waals surface area contributed by atoms with Crippen molar-refractivity contribution in [2.24, 2.45) is 0 Å². The van der Waals surface area contributed by atoms with Gasteiger partial charge in [-0.1, -0.05) is 113 Å². The lowest BCUT2D eigenvalue weighted by molar-refractivity contribution is 0.746. The van der Waals surface area contributed by atoms with Crippen LogP contribution in [-0.4, -0.2) is 0 Å². The lowest BCUT2D eigenvalue weighted by Crippen LogP contribution is -2.27. The lowest BCUT2D eigenvalue weighted by atomic mass is 9.68. The van der Waals surface area contributed by atoms with Gasteiger partial charge in [0.2, 0.25) is 0 Å². The largest absolute Gasteiger partial charge is 0.0728 e. The third-order valence-corrected chi connectivity index (χ3v) is 7.45. The van der Waals surface area contributed by atoms with E-state index in [4.69, 9.17) is 0 Å². The maximum absolute atomic E-state index is 2.50. The summed E-state index contributed by atoms with van der Waals surface area (Å²) in [6.07, 6.45) is 0. The van der Waals surface area contributed by atoms with E-state index in [9.17, 15) is 0 Å². The zero-order valence-electron chi connectivity index (χ0n) is 18.7. The number of hydrogen-bond donors (Lipinski definition) is 0. The summed E-state index contributed by atoms with van der Waals surface area (Å²) in [4.78, 5) is 0. The van der Waals surface area contributed by atoms with Crippen LogP contribution in [0.25, 0.3) is 22.3 Å². The van der Waals surface area contributed by atoms with Crippen LogP contribution in [-0.2, 0) is 5.41 Å². The number of hydrogen-bond acceptors (Lipinski definition) is 0. The van der Waals surface area contributed by atoms with E-state index in [0.717, 1.165) is 0 Å². The van der Waals surface area contributed by atoms with E-state index in [1.54, 1.807) is 0 Å². The van der Waals surface area contributed by atoms with Crippen LogP contribution in [0.15, 0.2) is 84.9 Å². The molecule has 0 aliphatic heterocycles. The van der Waals surface area contributed by atoms with Gasteiger partial charge in [-0.3, -0.25) is 0 Å². The summed E-state index contributed by atoms with van der Waals surface area (Å²) in [6.45, 7) is 9.26. The molecule has 0 bridgehead atoms. The number of benzene rings is 4. The Bertz CT molecular complexity index is 1330. The Morgan fingerprint density at radius 1 is 0.516 bits per heavy atom. The highest BCUT2D eigenvalue weighted by atomic mass is 14.5. The predicted octanol–water partition coefficient (Wildman–Crippen LogP) is 8.28. The molecule has 0 nitrogen and oxygen atoms in total. The van der Waals surface area contributed by atoms with Crippen molar-refractivity contribution in [2.75, 3.05) is 0 Å². The minimum absolute atomic E-state index is 0.233. The van der Waals surface area contributed by atoms with Gasteiger partial charge in [0, 0.05) is 0 Å². The molecule has 0 N–H and O–H groups in total. The molecule has 0 saturated carbocycles. The molecule has 0 heteroatoms. The molecule has 0 fully saturated rings. The Balaban J connectivity index is 1.85. The minimum Gasteiger partial charge on any atom is -0.0619 e. The first kappa shape index (κ1) is 18.6. The molecule has 0 amide bonds. The highest BCUT2D eigenvalue weighted by molar-refractivity contribution is 5.95. The number of rotatable bonds is 2. The second kappa shape index (κ2) is 6.44. The van der Waals surface area contributed by atoms with Gasteiger partial charge in [0.05, 0.1) is 5.41 Å². The normalized spacial score (nSPS) is 17.7.